The van der Waals surface area contributed by atoms with Crippen LogP contribution in [-0.4, -0.2) is 42.4 Å². The molecule has 2 unspecified atom stereocenters. The second-order valence-electron chi connectivity index (χ2n) is 14.8. The maximum Gasteiger partial charge on any atom is 0.514 e. The Bertz CT molecular complexity index is 2640. The second kappa shape index (κ2) is 22.6. The van der Waals surface area contributed by atoms with Gasteiger partial charge in [-0.1, -0.05) is 140 Å². The fraction of sp³-hybridized carbons (Fsp3) is 0.135. The summed E-state index contributed by atoms with van der Waals surface area (Å²) in [5, 5.41) is 12.0. The first-order valence-electron chi connectivity index (χ1n) is 20.7. The molecule has 3 N–H and O–H groups in total. The van der Waals surface area contributed by atoms with Crippen LogP contribution in [0.25, 0.3) is 10.8 Å². The molecule has 0 aliphatic heterocycles. The molecule has 322 valence electrons. The summed E-state index contributed by atoms with van der Waals surface area (Å²) in [6.45, 7) is 0.433. The SMILES string of the molecule is O=C(NC(Cc1ccc(OC(=O)OCc2ccccc2)cc1)C(=O)NC(Cc1ccccc1)C(=O)N/N=C/c1ccc(OCc2ccc3ccccc3c2)cc1)OCc1ccccc1. The van der Waals surface area contributed by atoms with Crippen LogP contribution in [0.4, 0.5) is 9.59 Å². The van der Waals surface area contributed by atoms with Crippen molar-refractivity contribution >= 4 is 41.1 Å². The lowest BCUT2D eigenvalue weighted by molar-refractivity contribution is -0.130. The number of hydrogen-bond donors (Lipinski definition) is 3. The van der Waals surface area contributed by atoms with Crippen LogP contribution in [-0.2, 0) is 51.7 Å². The highest BCUT2D eigenvalue weighted by Crippen LogP contribution is 2.19. The molecule has 0 aliphatic carbocycles. The fourth-order valence-corrected chi connectivity index (χ4v) is 6.61. The number of nitrogens with one attached hydrogen (secondary N) is 3. The Kier molecular flexibility index (Phi) is 15.4. The zero-order chi connectivity index (χ0) is 44.4. The monoisotopic (exact) mass is 854 g/mol. The van der Waals surface area contributed by atoms with Crippen molar-refractivity contribution in [1.29, 1.82) is 0 Å². The Hall–Kier alpha value is -8.25. The minimum absolute atomic E-state index is 0.00476. The van der Waals surface area contributed by atoms with Gasteiger partial charge in [0.05, 0.1) is 6.21 Å². The van der Waals surface area contributed by atoms with Gasteiger partial charge in [-0.2, -0.15) is 5.10 Å². The first kappa shape index (κ1) is 43.8. The van der Waals surface area contributed by atoms with E-state index in [0.717, 1.165) is 27.6 Å². The van der Waals surface area contributed by atoms with Crippen LogP contribution >= 0.6 is 0 Å². The molecule has 7 rings (SSSR count). The van der Waals surface area contributed by atoms with E-state index in [0.29, 0.717) is 23.5 Å². The minimum Gasteiger partial charge on any atom is -0.489 e. The number of alkyl carbamates (subject to hydrolysis) is 1. The van der Waals surface area contributed by atoms with Crippen molar-refractivity contribution in [2.45, 2.75) is 44.7 Å². The number of fused-ring (bicyclic) bond motifs is 1. The number of hydrogen-bond acceptors (Lipinski definition) is 9. The van der Waals surface area contributed by atoms with E-state index in [-0.39, 0.29) is 31.8 Å². The van der Waals surface area contributed by atoms with Crippen molar-refractivity contribution in [3.05, 3.63) is 215 Å². The van der Waals surface area contributed by atoms with Gasteiger partial charge in [-0.3, -0.25) is 9.59 Å². The lowest BCUT2D eigenvalue weighted by atomic mass is 10.0. The molecule has 0 aliphatic rings. The van der Waals surface area contributed by atoms with E-state index >= 15 is 0 Å². The van der Waals surface area contributed by atoms with Crippen LogP contribution in [0.1, 0.15) is 33.4 Å². The quantitative estimate of drug-likeness (QED) is 0.0335. The van der Waals surface area contributed by atoms with Gasteiger partial charge in [-0.15, -0.1) is 0 Å². The first-order chi connectivity index (χ1) is 31.3. The molecule has 0 spiro atoms. The van der Waals surface area contributed by atoms with E-state index in [2.05, 4.69) is 45.4 Å². The Balaban J connectivity index is 0.988. The van der Waals surface area contributed by atoms with Crippen molar-refractivity contribution in [3.63, 3.8) is 0 Å². The van der Waals surface area contributed by atoms with Crippen LogP contribution in [0.15, 0.2) is 187 Å². The van der Waals surface area contributed by atoms with E-state index in [1.807, 2.05) is 133 Å². The van der Waals surface area contributed by atoms with Gasteiger partial charge in [-0.05, 0) is 86.6 Å². The number of carbonyl (C=O) groups is 4. The molecule has 0 saturated carbocycles. The summed E-state index contributed by atoms with van der Waals surface area (Å²) in [6.07, 6.45) is -0.0705. The molecular formula is C52H46N4O8. The van der Waals surface area contributed by atoms with Gasteiger partial charge in [0.2, 0.25) is 5.91 Å². The lowest BCUT2D eigenvalue weighted by Gasteiger charge is -2.23. The molecule has 0 fully saturated rings. The largest absolute Gasteiger partial charge is 0.514 e. The first-order valence-corrected chi connectivity index (χ1v) is 20.7. The zero-order valence-electron chi connectivity index (χ0n) is 34.8. The standard InChI is InChI=1S/C52H46N4O8/c57-49(47(55-51(59)62-34-40-14-6-2-7-15-40)32-38-21-28-46(29-22-38)64-52(60)63-35-41-16-8-3-9-17-41)54-48(31-37-12-4-1-5-13-37)50(58)56-53-33-39-23-26-45(27-24-39)61-36-42-20-25-43-18-10-11-19-44(43)30-42/h1-30,33,47-48H,31-32,34-36H2,(H,54,57)(H,55,59)(H,56,58)/b53-33+. The molecule has 0 aromatic heterocycles. The van der Waals surface area contributed by atoms with Crippen molar-refractivity contribution in [2.24, 2.45) is 5.10 Å². The van der Waals surface area contributed by atoms with Crippen LogP contribution in [0, 0.1) is 0 Å². The van der Waals surface area contributed by atoms with Gasteiger partial charge in [-0.25, -0.2) is 15.0 Å². The molecule has 0 heterocycles. The van der Waals surface area contributed by atoms with E-state index in [1.165, 1.54) is 11.6 Å². The topological polar surface area (TPSA) is 154 Å². The average molecular weight is 855 g/mol. The summed E-state index contributed by atoms with van der Waals surface area (Å²) in [5.74, 6) is -0.314. The summed E-state index contributed by atoms with van der Waals surface area (Å²) >= 11 is 0. The third-order valence-electron chi connectivity index (χ3n) is 9.99. The van der Waals surface area contributed by atoms with Crippen LogP contribution in [0.2, 0.25) is 0 Å². The van der Waals surface area contributed by atoms with Gasteiger partial charge in [0.1, 0.15) is 43.4 Å². The van der Waals surface area contributed by atoms with E-state index in [9.17, 15) is 19.2 Å². The minimum atomic E-state index is -1.18. The number of amides is 3. The summed E-state index contributed by atoms with van der Waals surface area (Å²) in [5.41, 5.74) is 7.30. The van der Waals surface area contributed by atoms with Crippen LogP contribution in [0.5, 0.6) is 11.5 Å². The van der Waals surface area contributed by atoms with E-state index in [1.54, 1.807) is 24.3 Å². The number of hydrazone groups is 1. The highest BCUT2D eigenvalue weighted by atomic mass is 16.7. The molecular weight excluding hydrogens is 809 g/mol. The molecule has 0 saturated heterocycles. The number of nitrogens with zero attached hydrogens (tertiary/aromatic N) is 1. The molecule has 64 heavy (non-hydrogen) atoms. The molecule has 12 heteroatoms. The maximum absolute atomic E-state index is 14.1. The summed E-state index contributed by atoms with van der Waals surface area (Å²) < 4.78 is 22.0. The summed E-state index contributed by atoms with van der Waals surface area (Å²) in [4.78, 5) is 53.3. The molecule has 7 aromatic carbocycles. The fourth-order valence-electron chi connectivity index (χ4n) is 6.61. The third kappa shape index (κ3) is 13.6. The van der Waals surface area contributed by atoms with Crippen molar-refractivity contribution in [2.75, 3.05) is 0 Å². The molecule has 0 bridgehead atoms. The highest BCUT2D eigenvalue weighted by molar-refractivity contribution is 5.92. The molecule has 12 nitrogen and oxygen atoms in total. The average Bonchev–Trinajstić information content (AvgIpc) is 3.33. The van der Waals surface area contributed by atoms with Gasteiger partial charge in [0.15, 0.2) is 0 Å². The molecule has 2 atom stereocenters. The van der Waals surface area contributed by atoms with Crippen LogP contribution in [0.3, 0.4) is 0 Å². The van der Waals surface area contributed by atoms with Crippen LogP contribution < -0.4 is 25.5 Å². The Morgan fingerprint density at radius 1 is 0.484 bits per heavy atom. The van der Waals surface area contributed by atoms with Crippen molar-refractivity contribution < 1.29 is 38.1 Å². The second-order valence-corrected chi connectivity index (χ2v) is 14.8. The zero-order valence-corrected chi connectivity index (χ0v) is 34.8. The maximum atomic E-state index is 14.1. The number of rotatable bonds is 18. The summed E-state index contributed by atoms with van der Waals surface area (Å²) in [7, 11) is 0. The van der Waals surface area contributed by atoms with Gasteiger partial charge in [0, 0.05) is 12.8 Å². The van der Waals surface area contributed by atoms with Gasteiger partial charge in [0.25, 0.3) is 5.91 Å². The Morgan fingerprint density at radius 3 is 1.67 bits per heavy atom. The Labute approximate surface area is 370 Å². The number of carbonyl (C=O) groups excluding carboxylic acids is 4. The highest BCUT2D eigenvalue weighted by Gasteiger charge is 2.28. The van der Waals surface area contributed by atoms with Gasteiger partial charge >= 0.3 is 12.2 Å². The lowest BCUT2D eigenvalue weighted by Crippen LogP contribution is -2.54. The third-order valence-corrected chi connectivity index (χ3v) is 9.99. The van der Waals surface area contributed by atoms with Crippen molar-refractivity contribution in [1.82, 2.24) is 16.1 Å². The predicted molar refractivity (Wildman–Crippen MR) is 243 cm³/mol. The molecule has 7 aromatic rings. The number of ether oxygens (including phenoxy) is 4. The normalized spacial score (nSPS) is 11.8. The Morgan fingerprint density at radius 2 is 1.02 bits per heavy atom. The summed E-state index contributed by atoms with van der Waals surface area (Å²) in [6, 6.07) is 53.4. The van der Waals surface area contributed by atoms with E-state index < -0.39 is 36.1 Å². The number of benzene rings is 7. The molecule has 3 amide bonds. The van der Waals surface area contributed by atoms with E-state index in [4.69, 9.17) is 18.9 Å². The van der Waals surface area contributed by atoms with Gasteiger partial charge < -0.3 is 29.6 Å². The predicted octanol–water partition coefficient (Wildman–Crippen LogP) is 8.85. The van der Waals surface area contributed by atoms with Crippen molar-refractivity contribution in [3.8, 4) is 11.5 Å². The smallest absolute Gasteiger partial charge is 0.489 e. The molecule has 0 radical (unpaired) electrons.